The first-order chi connectivity index (χ1) is 9.24. The second-order valence-electron chi connectivity index (χ2n) is 5.70. The largest absolute Gasteiger partial charge is 0.337 e. The molecule has 2 fully saturated rings. The summed E-state index contributed by atoms with van der Waals surface area (Å²) in [5.74, 6) is 0.273. The molecule has 0 spiro atoms. The number of piperidine rings is 1. The molecule has 1 aliphatic carbocycles. The van der Waals surface area contributed by atoms with Crippen molar-refractivity contribution >= 4 is 5.91 Å². The van der Waals surface area contributed by atoms with Crippen molar-refractivity contribution in [2.75, 3.05) is 6.54 Å². The number of likely N-dealkylation sites (tertiary alicyclic amines) is 1. The number of carbonyl (C=O) groups is 1. The van der Waals surface area contributed by atoms with Gasteiger partial charge in [-0.1, -0.05) is 0 Å². The van der Waals surface area contributed by atoms with Gasteiger partial charge in [0.1, 0.15) is 0 Å². The van der Waals surface area contributed by atoms with Gasteiger partial charge in [0.2, 0.25) is 5.91 Å². The molecule has 2 heterocycles. The van der Waals surface area contributed by atoms with Gasteiger partial charge in [-0.3, -0.25) is 9.78 Å². The molecular weight excluding hydrogens is 238 g/mol. The van der Waals surface area contributed by atoms with Crippen molar-refractivity contribution in [3.8, 4) is 0 Å². The molecule has 1 saturated carbocycles. The number of nitrogens with zero attached hydrogens (tertiary/aromatic N) is 2. The van der Waals surface area contributed by atoms with Crippen molar-refractivity contribution in [2.24, 2.45) is 0 Å². The highest BCUT2D eigenvalue weighted by molar-refractivity contribution is 5.82. The van der Waals surface area contributed by atoms with E-state index in [9.17, 15) is 4.79 Å². The maximum Gasteiger partial charge on any atom is 0.240 e. The van der Waals surface area contributed by atoms with E-state index in [1.807, 2.05) is 17.2 Å². The minimum atomic E-state index is 0.0448. The van der Waals surface area contributed by atoms with Crippen LogP contribution in [0.1, 0.15) is 36.8 Å². The monoisotopic (exact) mass is 259 g/mol. The molecule has 1 aliphatic heterocycles. The van der Waals surface area contributed by atoms with Crippen molar-refractivity contribution in [1.29, 1.82) is 0 Å². The predicted molar refractivity (Wildman–Crippen MR) is 73.6 cm³/mol. The zero-order valence-electron chi connectivity index (χ0n) is 11.4. The fourth-order valence-electron chi connectivity index (χ4n) is 2.67. The molecule has 4 nitrogen and oxygen atoms in total. The molecular formula is C15H21N3O. The Bertz CT molecular complexity index is 470. The number of carbonyl (C=O) groups excluding carboxylic acids is 1. The molecule has 1 N–H and O–H groups in total. The van der Waals surface area contributed by atoms with Gasteiger partial charge < -0.3 is 10.2 Å². The summed E-state index contributed by atoms with van der Waals surface area (Å²) in [6, 6.07) is 2.65. The molecule has 1 aromatic rings. The Morgan fingerprint density at radius 3 is 3.00 bits per heavy atom. The maximum absolute atomic E-state index is 12.5. The number of pyridine rings is 1. The van der Waals surface area contributed by atoms with Crippen LogP contribution in [0.2, 0.25) is 0 Å². The van der Waals surface area contributed by atoms with Gasteiger partial charge in [-0.05, 0) is 49.8 Å². The Kier molecular flexibility index (Phi) is 3.51. The molecule has 1 amide bonds. The Morgan fingerprint density at radius 1 is 1.42 bits per heavy atom. The van der Waals surface area contributed by atoms with Gasteiger partial charge >= 0.3 is 0 Å². The van der Waals surface area contributed by atoms with Crippen molar-refractivity contribution in [2.45, 2.75) is 51.2 Å². The SMILES string of the molecule is Cc1cnccc1CN1CCCC(NC2CC2)C1=O. The van der Waals surface area contributed by atoms with E-state index in [2.05, 4.69) is 17.2 Å². The van der Waals surface area contributed by atoms with E-state index in [0.717, 1.165) is 31.5 Å². The van der Waals surface area contributed by atoms with Crippen LogP contribution in [0.25, 0.3) is 0 Å². The summed E-state index contributed by atoms with van der Waals surface area (Å²) in [5.41, 5.74) is 2.36. The van der Waals surface area contributed by atoms with Crippen LogP contribution in [0.15, 0.2) is 18.5 Å². The normalized spacial score (nSPS) is 23.7. The van der Waals surface area contributed by atoms with E-state index in [1.165, 1.54) is 18.4 Å². The number of hydrogen-bond donors (Lipinski definition) is 1. The van der Waals surface area contributed by atoms with Crippen LogP contribution >= 0.6 is 0 Å². The van der Waals surface area contributed by atoms with Gasteiger partial charge in [-0.15, -0.1) is 0 Å². The van der Waals surface area contributed by atoms with Gasteiger partial charge in [0.25, 0.3) is 0 Å². The van der Waals surface area contributed by atoms with Crippen LogP contribution in [0.5, 0.6) is 0 Å². The van der Waals surface area contributed by atoms with Crippen molar-refractivity contribution in [3.05, 3.63) is 29.6 Å². The summed E-state index contributed by atoms with van der Waals surface area (Å²) < 4.78 is 0. The first kappa shape index (κ1) is 12.6. The third-order valence-corrected chi connectivity index (χ3v) is 4.04. The minimum Gasteiger partial charge on any atom is -0.337 e. The fourth-order valence-corrected chi connectivity index (χ4v) is 2.67. The zero-order chi connectivity index (χ0) is 13.2. The third kappa shape index (κ3) is 2.95. The van der Waals surface area contributed by atoms with Crippen molar-refractivity contribution in [1.82, 2.24) is 15.2 Å². The highest BCUT2D eigenvalue weighted by Gasteiger charge is 2.33. The molecule has 19 heavy (non-hydrogen) atoms. The topological polar surface area (TPSA) is 45.2 Å². The second kappa shape index (κ2) is 5.29. The average Bonchev–Trinajstić information content (AvgIpc) is 3.21. The number of aromatic nitrogens is 1. The number of rotatable bonds is 4. The van der Waals surface area contributed by atoms with Crippen LogP contribution in [0, 0.1) is 6.92 Å². The Labute approximate surface area is 114 Å². The summed E-state index contributed by atoms with van der Waals surface area (Å²) in [6.07, 6.45) is 8.21. The van der Waals surface area contributed by atoms with E-state index < -0.39 is 0 Å². The molecule has 0 aromatic carbocycles. The lowest BCUT2D eigenvalue weighted by Gasteiger charge is -2.33. The van der Waals surface area contributed by atoms with Crippen LogP contribution in [0.3, 0.4) is 0 Å². The van der Waals surface area contributed by atoms with Gasteiger partial charge in [0.15, 0.2) is 0 Å². The Balaban J connectivity index is 1.66. The number of aryl methyl sites for hydroxylation is 1. The van der Waals surface area contributed by atoms with E-state index in [0.29, 0.717) is 6.04 Å². The molecule has 3 rings (SSSR count). The Hall–Kier alpha value is -1.42. The minimum absolute atomic E-state index is 0.0448. The smallest absolute Gasteiger partial charge is 0.240 e. The fraction of sp³-hybridized carbons (Fsp3) is 0.600. The van der Waals surface area contributed by atoms with Crippen LogP contribution in [-0.4, -0.2) is 34.4 Å². The quantitative estimate of drug-likeness (QED) is 0.894. The van der Waals surface area contributed by atoms with Crippen LogP contribution in [-0.2, 0) is 11.3 Å². The molecule has 1 aromatic heterocycles. The van der Waals surface area contributed by atoms with Crippen LogP contribution in [0.4, 0.5) is 0 Å². The van der Waals surface area contributed by atoms with Crippen molar-refractivity contribution in [3.63, 3.8) is 0 Å². The van der Waals surface area contributed by atoms with E-state index in [4.69, 9.17) is 0 Å². The summed E-state index contributed by atoms with van der Waals surface area (Å²) in [6.45, 7) is 3.65. The summed E-state index contributed by atoms with van der Waals surface area (Å²) in [7, 11) is 0. The lowest BCUT2D eigenvalue weighted by atomic mass is 10.0. The standard InChI is InChI=1S/C15H21N3O/c1-11-9-16-7-6-12(11)10-18-8-2-3-14(15(18)19)17-13-4-5-13/h6-7,9,13-14,17H,2-5,8,10H2,1H3. The summed E-state index contributed by atoms with van der Waals surface area (Å²) >= 11 is 0. The average molecular weight is 259 g/mol. The third-order valence-electron chi connectivity index (χ3n) is 4.04. The highest BCUT2D eigenvalue weighted by atomic mass is 16.2. The number of nitrogens with one attached hydrogen (secondary N) is 1. The van der Waals surface area contributed by atoms with Crippen molar-refractivity contribution < 1.29 is 4.79 Å². The van der Waals surface area contributed by atoms with Crippen LogP contribution < -0.4 is 5.32 Å². The molecule has 2 aliphatic rings. The molecule has 1 unspecified atom stereocenters. The molecule has 4 heteroatoms. The van der Waals surface area contributed by atoms with Gasteiger partial charge in [0.05, 0.1) is 6.04 Å². The molecule has 0 radical (unpaired) electrons. The molecule has 1 atom stereocenters. The summed E-state index contributed by atoms with van der Waals surface area (Å²) in [4.78, 5) is 18.5. The lowest BCUT2D eigenvalue weighted by molar-refractivity contribution is -0.136. The van der Waals surface area contributed by atoms with Gasteiger partial charge in [0, 0.05) is 31.5 Å². The number of hydrogen-bond acceptors (Lipinski definition) is 3. The van der Waals surface area contributed by atoms with E-state index in [-0.39, 0.29) is 11.9 Å². The highest BCUT2D eigenvalue weighted by Crippen LogP contribution is 2.23. The maximum atomic E-state index is 12.5. The second-order valence-corrected chi connectivity index (χ2v) is 5.70. The Morgan fingerprint density at radius 2 is 2.26 bits per heavy atom. The molecule has 0 bridgehead atoms. The molecule has 102 valence electrons. The van der Waals surface area contributed by atoms with Gasteiger partial charge in [-0.2, -0.15) is 0 Å². The zero-order valence-corrected chi connectivity index (χ0v) is 11.4. The van der Waals surface area contributed by atoms with E-state index in [1.54, 1.807) is 6.20 Å². The summed E-state index contributed by atoms with van der Waals surface area (Å²) in [5, 5.41) is 3.47. The van der Waals surface area contributed by atoms with Gasteiger partial charge in [-0.25, -0.2) is 0 Å². The molecule has 1 saturated heterocycles. The first-order valence-corrected chi connectivity index (χ1v) is 7.18. The first-order valence-electron chi connectivity index (χ1n) is 7.18. The van der Waals surface area contributed by atoms with E-state index >= 15 is 0 Å². The lowest BCUT2D eigenvalue weighted by Crippen LogP contribution is -2.50. The predicted octanol–water partition coefficient (Wildman–Crippen LogP) is 1.63. The number of amides is 1.